The number of nitrogens with zero attached hydrogens (tertiary/aromatic N) is 5. The first-order chi connectivity index (χ1) is 14.5. The molecule has 7 nitrogen and oxygen atoms in total. The van der Waals surface area contributed by atoms with Gasteiger partial charge in [0.15, 0.2) is 0 Å². The Morgan fingerprint density at radius 3 is 2.63 bits per heavy atom. The maximum atomic E-state index is 13.8. The molecule has 0 radical (unpaired) electrons. The van der Waals surface area contributed by atoms with Crippen LogP contribution < -0.4 is 0 Å². The molecule has 1 atom stereocenters. The van der Waals surface area contributed by atoms with Gasteiger partial charge < -0.3 is 9.26 Å². The molecule has 4 rings (SSSR count). The number of hydrogen-bond acceptors (Lipinski definition) is 7. The minimum atomic E-state index is -0.256. The molecular weight excluding hydrogens is 385 g/mol. The number of rotatable bonds is 6. The third-order valence-electron chi connectivity index (χ3n) is 6.08. The van der Waals surface area contributed by atoms with E-state index in [1.165, 1.54) is 6.07 Å². The van der Waals surface area contributed by atoms with Crippen LogP contribution >= 0.6 is 0 Å². The number of morpholine rings is 1. The van der Waals surface area contributed by atoms with Crippen LogP contribution in [0.25, 0.3) is 11.4 Å². The summed E-state index contributed by atoms with van der Waals surface area (Å²) in [6.45, 7) is 14.6. The highest BCUT2D eigenvalue weighted by atomic mass is 19.1. The van der Waals surface area contributed by atoms with Crippen LogP contribution in [0.5, 0.6) is 0 Å². The minimum absolute atomic E-state index is 0.256. The second-order valence-electron chi connectivity index (χ2n) is 8.63. The van der Waals surface area contributed by atoms with Gasteiger partial charge in [-0.3, -0.25) is 14.7 Å². The summed E-state index contributed by atoms with van der Waals surface area (Å²) in [5.41, 5.74) is 1.25. The molecule has 30 heavy (non-hydrogen) atoms. The van der Waals surface area contributed by atoms with E-state index < -0.39 is 0 Å². The van der Waals surface area contributed by atoms with Crippen LogP contribution in [0.4, 0.5) is 4.39 Å². The third kappa shape index (κ3) is 5.24. The van der Waals surface area contributed by atoms with Crippen LogP contribution in [0.1, 0.15) is 25.3 Å². The highest BCUT2D eigenvalue weighted by Crippen LogP contribution is 2.20. The smallest absolute Gasteiger partial charge is 0.241 e. The highest BCUT2D eigenvalue weighted by Gasteiger charge is 2.26. The van der Waals surface area contributed by atoms with Crippen LogP contribution in [0, 0.1) is 12.7 Å². The fourth-order valence-electron chi connectivity index (χ4n) is 4.10. The minimum Gasteiger partial charge on any atom is -0.374 e. The van der Waals surface area contributed by atoms with Gasteiger partial charge in [0, 0.05) is 57.4 Å². The van der Waals surface area contributed by atoms with Crippen molar-refractivity contribution in [3.05, 3.63) is 35.5 Å². The molecule has 0 amide bonds. The Morgan fingerprint density at radius 1 is 1.13 bits per heavy atom. The topological polar surface area (TPSA) is 57.9 Å². The molecular formula is C22H32FN5O2. The maximum absolute atomic E-state index is 13.8. The molecule has 8 heteroatoms. The van der Waals surface area contributed by atoms with Crippen LogP contribution in [0.2, 0.25) is 0 Å². The lowest BCUT2D eigenvalue weighted by molar-refractivity contribution is -0.0567. The highest BCUT2D eigenvalue weighted by molar-refractivity contribution is 5.54. The van der Waals surface area contributed by atoms with E-state index in [1.54, 1.807) is 13.0 Å². The van der Waals surface area contributed by atoms with Gasteiger partial charge in [-0.1, -0.05) is 17.3 Å². The van der Waals surface area contributed by atoms with E-state index in [9.17, 15) is 4.39 Å². The third-order valence-corrected chi connectivity index (χ3v) is 6.08. The molecule has 0 aliphatic carbocycles. The van der Waals surface area contributed by atoms with E-state index in [-0.39, 0.29) is 5.82 Å². The summed E-state index contributed by atoms with van der Waals surface area (Å²) in [6, 6.07) is 5.58. The van der Waals surface area contributed by atoms with Crippen molar-refractivity contribution in [2.45, 2.75) is 39.5 Å². The van der Waals surface area contributed by atoms with Gasteiger partial charge in [-0.2, -0.15) is 4.98 Å². The maximum Gasteiger partial charge on any atom is 0.241 e. The van der Waals surface area contributed by atoms with Gasteiger partial charge >= 0.3 is 0 Å². The fraction of sp³-hybridized carbons (Fsp3) is 0.636. The number of halogens is 1. The normalized spacial score (nSPS) is 22.1. The van der Waals surface area contributed by atoms with Gasteiger partial charge in [0.2, 0.25) is 11.7 Å². The standard InChI is InChI=1S/C22H32FN5O2/c1-16(2)28-10-11-29-19(14-28)13-26-6-8-27(9-7-26)15-21-24-22(25-30-21)18-5-4-17(3)20(23)12-18/h4-5,12,16,19H,6-11,13-15H2,1-3H3. The Kier molecular flexibility index (Phi) is 6.77. The van der Waals surface area contributed by atoms with E-state index in [4.69, 9.17) is 9.26 Å². The molecule has 0 bridgehead atoms. The average Bonchev–Trinajstić information content (AvgIpc) is 3.20. The summed E-state index contributed by atoms with van der Waals surface area (Å²) in [5, 5.41) is 4.03. The molecule has 2 aliphatic heterocycles. The molecule has 1 aromatic heterocycles. The molecule has 3 heterocycles. The Morgan fingerprint density at radius 2 is 1.90 bits per heavy atom. The number of piperazine rings is 1. The van der Waals surface area contributed by atoms with Crippen molar-refractivity contribution >= 4 is 0 Å². The zero-order valence-corrected chi connectivity index (χ0v) is 18.2. The molecule has 0 N–H and O–H groups in total. The summed E-state index contributed by atoms with van der Waals surface area (Å²) in [4.78, 5) is 11.8. The fourth-order valence-corrected chi connectivity index (χ4v) is 4.10. The number of aromatic nitrogens is 2. The van der Waals surface area contributed by atoms with Crippen molar-refractivity contribution in [3.8, 4) is 11.4 Å². The molecule has 1 unspecified atom stereocenters. The Balaban J connectivity index is 1.25. The van der Waals surface area contributed by atoms with Gasteiger partial charge in [0.25, 0.3) is 0 Å². The van der Waals surface area contributed by atoms with E-state index in [2.05, 4.69) is 38.7 Å². The van der Waals surface area contributed by atoms with Crippen LogP contribution in [0.15, 0.2) is 22.7 Å². The van der Waals surface area contributed by atoms with Gasteiger partial charge in [0.1, 0.15) is 5.82 Å². The lowest BCUT2D eigenvalue weighted by Gasteiger charge is -2.40. The zero-order valence-electron chi connectivity index (χ0n) is 18.2. The molecule has 2 saturated heterocycles. The predicted molar refractivity (Wildman–Crippen MR) is 113 cm³/mol. The Hall–Kier alpha value is -1.87. The summed E-state index contributed by atoms with van der Waals surface area (Å²) in [7, 11) is 0. The van der Waals surface area contributed by atoms with Gasteiger partial charge in [0.05, 0.1) is 19.3 Å². The van der Waals surface area contributed by atoms with E-state index in [1.807, 2.05) is 6.07 Å². The van der Waals surface area contributed by atoms with Crippen LogP contribution in [0.3, 0.4) is 0 Å². The van der Waals surface area contributed by atoms with Crippen molar-refractivity contribution in [1.29, 1.82) is 0 Å². The molecule has 2 aliphatic rings. The summed E-state index contributed by atoms with van der Waals surface area (Å²) >= 11 is 0. The van der Waals surface area contributed by atoms with Gasteiger partial charge in [-0.05, 0) is 32.4 Å². The summed E-state index contributed by atoms with van der Waals surface area (Å²) in [6.07, 6.45) is 0.293. The first-order valence-corrected chi connectivity index (χ1v) is 10.9. The van der Waals surface area contributed by atoms with Crippen molar-refractivity contribution in [1.82, 2.24) is 24.8 Å². The number of benzene rings is 1. The zero-order chi connectivity index (χ0) is 21.1. The summed E-state index contributed by atoms with van der Waals surface area (Å²) < 4.78 is 25.2. The van der Waals surface area contributed by atoms with Crippen LogP contribution in [-0.2, 0) is 11.3 Å². The molecule has 2 aromatic rings. The second-order valence-corrected chi connectivity index (χ2v) is 8.63. The summed E-state index contributed by atoms with van der Waals surface area (Å²) in [5.74, 6) is 0.753. The van der Waals surface area contributed by atoms with Gasteiger partial charge in [-0.15, -0.1) is 0 Å². The molecule has 2 fully saturated rings. The van der Waals surface area contributed by atoms with Crippen molar-refractivity contribution in [2.24, 2.45) is 0 Å². The number of hydrogen-bond donors (Lipinski definition) is 0. The van der Waals surface area contributed by atoms with E-state index in [0.717, 1.165) is 52.4 Å². The van der Waals surface area contributed by atoms with Crippen LogP contribution in [-0.4, -0.2) is 89.4 Å². The quantitative estimate of drug-likeness (QED) is 0.715. The average molecular weight is 418 g/mol. The van der Waals surface area contributed by atoms with Crippen molar-refractivity contribution in [3.63, 3.8) is 0 Å². The Labute approximate surface area is 177 Å². The molecule has 1 aromatic carbocycles. The van der Waals surface area contributed by atoms with Crippen molar-refractivity contribution < 1.29 is 13.7 Å². The molecule has 0 spiro atoms. The second kappa shape index (κ2) is 9.51. The first kappa shape index (κ1) is 21.4. The van der Waals surface area contributed by atoms with Gasteiger partial charge in [-0.25, -0.2) is 4.39 Å². The SMILES string of the molecule is Cc1ccc(-c2noc(CN3CCN(CC4CN(C(C)C)CCO4)CC3)n2)cc1F. The lowest BCUT2D eigenvalue weighted by atomic mass is 10.1. The number of ether oxygens (including phenoxy) is 1. The Bertz CT molecular complexity index is 835. The first-order valence-electron chi connectivity index (χ1n) is 10.9. The predicted octanol–water partition coefficient (Wildman–Crippen LogP) is 2.41. The monoisotopic (exact) mass is 417 g/mol. The lowest BCUT2D eigenvalue weighted by Crippen LogP contribution is -2.53. The number of aryl methyl sites for hydroxylation is 1. The largest absolute Gasteiger partial charge is 0.374 e. The van der Waals surface area contributed by atoms with E-state index in [0.29, 0.717) is 41.5 Å². The van der Waals surface area contributed by atoms with E-state index >= 15 is 0 Å². The molecule has 164 valence electrons. The molecule has 0 saturated carbocycles. The van der Waals surface area contributed by atoms with Crippen molar-refractivity contribution in [2.75, 3.05) is 52.4 Å².